The average molecular weight is 596 g/mol. The van der Waals surface area contributed by atoms with Gasteiger partial charge in [-0.1, -0.05) is 48.0 Å². The Bertz CT molecular complexity index is 1260. The molecule has 1 fully saturated rings. The molecule has 0 bridgehead atoms. The molecule has 2 aliphatic heterocycles. The van der Waals surface area contributed by atoms with Crippen molar-refractivity contribution < 1.29 is 36.6 Å². The molecular formula is C29H37F3N3O5P. The van der Waals surface area contributed by atoms with Gasteiger partial charge >= 0.3 is 14.1 Å². The Morgan fingerprint density at radius 1 is 1.02 bits per heavy atom. The predicted molar refractivity (Wildman–Crippen MR) is 150 cm³/mol. The van der Waals surface area contributed by atoms with E-state index in [-0.39, 0.29) is 24.9 Å². The summed E-state index contributed by atoms with van der Waals surface area (Å²) >= 11 is 0. The molecule has 1 unspecified atom stereocenters. The number of alkyl halides is 3. The van der Waals surface area contributed by atoms with E-state index < -0.39 is 14.1 Å². The van der Waals surface area contributed by atoms with Gasteiger partial charge in [-0.15, -0.1) is 13.2 Å². The van der Waals surface area contributed by atoms with Crippen molar-refractivity contribution in [3.63, 3.8) is 0 Å². The smallest absolute Gasteiger partial charge is 0.406 e. The Kier molecular flexibility index (Phi) is 10.7. The first-order chi connectivity index (χ1) is 19.6. The topological polar surface area (TPSA) is 83.8 Å². The normalized spacial score (nSPS) is 19.6. The molecule has 12 heteroatoms. The third kappa shape index (κ3) is 8.90. The number of amidine groups is 1. The average Bonchev–Trinajstić information content (AvgIpc) is 3.46. The van der Waals surface area contributed by atoms with Crippen molar-refractivity contribution in [3.8, 4) is 5.75 Å². The Morgan fingerprint density at radius 2 is 1.73 bits per heavy atom. The molecule has 0 radical (unpaired) electrons. The van der Waals surface area contributed by atoms with E-state index in [1.807, 2.05) is 17.0 Å². The van der Waals surface area contributed by atoms with Crippen molar-refractivity contribution in [2.45, 2.75) is 57.6 Å². The highest BCUT2D eigenvalue weighted by Gasteiger charge is 2.33. The van der Waals surface area contributed by atoms with Crippen LogP contribution >= 0.6 is 7.75 Å². The third-order valence-corrected chi connectivity index (χ3v) is 8.61. The summed E-state index contributed by atoms with van der Waals surface area (Å²) in [5, 5.41) is 9.46. The van der Waals surface area contributed by atoms with Crippen LogP contribution in [-0.2, 0) is 26.7 Å². The third-order valence-electron chi connectivity index (χ3n) is 7.21. The second-order valence-corrected chi connectivity index (χ2v) is 12.0. The van der Waals surface area contributed by atoms with Crippen molar-refractivity contribution in [2.75, 3.05) is 33.9 Å². The fourth-order valence-corrected chi connectivity index (χ4v) is 6.01. The Balaban J connectivity index is 1.73. The van der Waals surface area contributed by atoms with Gasteiger partial charge in [0.05, 0.1) is 6.04 Å². The number of aliphatic hydroxyl groups is 1. The van der Waals surface area contributed by atoms with E-state index in [1.165, 1.54) is 50.8 Å². The largest absolute Gasteiger partial charge is 0.573 e. The summed E-state index contributed by atoms with van der Waals surface area (Å²) in [4.78, 5) is 4.32. The quantitative estimate of drug-likeness (QED) is 0.218. The first-order valence-electron chi connectivity index (χ1n) is 13.6. The Morgan fingerprint density at radius 3 is 2.37 bits per heavy atom. The fraction of sp³-hybridized carbons (Fsp3) is 0.483. The van der Waals surface area contributed by atoms with Crippen LogP contribution in [0.4, 0.5) is 13.2 Å². The summed E-state index contributed by atoms with van der Waals surface area (Å²) in [5.41, 5.74) is 3.67. The minimum atomic E-state index is -4.82. The summed E-state index contributed by atoms with van der Waals surface area (Å²) in [6.45, 7) is 3.22. The maximum Gasteiger partial charge on any atom is 0.573 e. The Labute approximate surface area is 239 Å². The summed E-state index contributed by atoms with van der Waals surface area (Å²) in [6, 6.07) is 13.7. The lowest BCUT2D eigenvalue weighted by Gasteiger charge is -2.38. The SMILES string of the molecule is COP(=O)(/N=C1/CC(CCCO)=CC(c2ccc(CN3CCCC3)cc2)N1Cc1cccc(OC(F)(F)F)c1)OC. The number of hydrogen-bond acceptors (Lipinski definition) is 6. The molecule has 0 amide bonds. The Hall–Kier alpha value is -2.69. The monoisotopic (exact) mass is 595 g/mol. The van der Waals surface area contributed by atoms with Crippen LogP contribution in [0.2, 0.25) is 0 Å². The molecule has 224 valence electrons. The molecule has 0 aliphatic carbocycles. The number of ether oxygens (including phenoxy) is 1. The molecule has 8 nitrogen and oxygen atoms in total. The van der Waals surface area contributed by atoms with Crippen LogP contribution in [0.5, 0.6) is 5.75 Å². The van der Waals surface area contributed by atoms with E-state index in [2.05, 4.69) is 32.6 Å². The van der Waals surface area contributed by atoms with Crippen LogP contribution < -0.4 is 4.74 Å². The fourth-order valence-electron chi connectivity index (χ4n) is 5.23. The molecule has 2 aromatic rings. The highest BCUT2D eigenvalue weighted by atomic mass is 31.2. The van der Waals surface area contributed by atoms with Gasteiger partial charge in [0.25, 0.3) is 0 Å². The molecule has 1 saturated heterocycles. The second-order valence-electron chi connectivity index (χ2n) is 10.2. The van der Waals surface area contributed by atoms with Crippen LogP contribution in [0.25, 0.3) is 0 Å². The number of benzene rings is 2. The second kappa shape index (κ2) is 14.0. The number of hydrogen-bond donors (Lipinski definition) is 1. The maximum atomic E-state index is 13.1. The zero-order valence-electron chi connectivity index (χ0n) is 23.3. The zero-order valence-corrected chi connectivity index (χ0v) is 24.2. The number of nitrogens with zero attached hydrogens (tertiary/aromatic N) is 3. The lowest BCUT2D eigenvalue weighted by atomic mass is 9.92. The first kappa shape index (κ1) is 31.3. The molecule has 4 rings (SSSR count). The van der Waals surface area contributed by atoms with E-state index in [4.69, 9.17) is 9.05 Å². The van der Waals surface area contributed by atoms with Gasteiger partial charge in [0, 0.05) is 40.3 Å². The lowest BCUT2D eigenvalue weighted by molar-refractivity contribution is -0.274. The molecule has 2 aliphatic rings. The van der Waals surface area contributed by atoms with Crippen LogP contribution in [0, 0.1) is 0 Å². The number of rotatable bonds is 12. The van der Waals surface area contributed by atoms with E-state index in [0.717, 1.165) is 30.8 Å². The number of halogens is 3. The molecule has 41 heavy (non-hydrogen) atoms. The predicted octanol–water partition coefficient (Wildman–Crippen LogP) is 6.63. The van der Waals surface area contributed by atoms with Gasteiger partial charge in [0.1, 0.15) is 11.6 Å². The summed E-state index contributed by atoms with van der Waals surface area (Å²) in [5.74, 6) is 0.0905. The van der Waals surface area contributed by atoms with Crippen LogP contribution in [0.15, 0.2) is 64.9 Å². The minimum Gasteiger partial charge on any atom is -0.406 e. The van der Waals surface area contributed by atoms with Crippen molar-refractivity contribution in [2.24, 2.45) is 4.76 Å². The van der Waals surface area contributed by atoms with Gasteiger partial charge in [-0.2, -0.15) is 4.76 Å². The van der Waals surface area contributed by atoms with Crippen LogP contribution in [0.3, 0.4) is 0 Å². The van der Waals surface area contributed by atoms with Crippen molar-refractivity contribution >= 4 is 13.6 Å². The highest BCUT2D eigenvalue weighted by Crippen LogP contribution is 2.50. The van der Waals surface area contributed by atoms with E-state index >= 15 is 0 Å². The molecule has 2 aromatic carbocycles. The van der Waals surface area contributed by atoms with E-state index in [9.17, 15) is 22.8 Å². The minimum absolute atomic E-state index is 0.0179. The summed E-state index contributed by atoms with van der Waals surface area (Å²) in [6.07, 6.45) is 1.16. The number of aliphatic hydroxyl groups excluding tert-OH is 1. The standard InChI is InChI=1S/C29H37F3N3O5P/c1-38-41(37,39-2)33-28-19-23(8-6-16-36)18-27(25-12-10-22(11-13-25)20-34-14-3-4-15-34)35(28)21-24-7-5-9-26(17-24)40-29(30,31)32/h5,7,9-13,17-18,27,36H,3-4,6,8,14-16,19-21H2,1-2H3/b33-28-. The van der Waals surface area contributed by atoms with Gasteiger partial charge in [0.15, 0.2) is 0 Å². The molecule has 1 atom stereocenters. The van der Waals surface area contributed by atoms with Crippen molar-refractivity contribution in [1.29, 1.82) is 0 Å². The van der Waals surface area contributed by atoms with E-state index in [0.29, 0.717) is 30.7 Å². The molecule has 1 N–H and O–H groups in total. The molecule has 0 saturated carbocycles. The van der Waals surface area contributed by atoms with Crippen molar-refractivity contribution in [1.82, 2.24) is 9.80 Å². The lowest BCUT2D eigenvalue weighted by Crippen LogP contribution is -2.37. The van der Waals surface area contributed by atoms with Gasteiger partial charge < -0.3 is 14.7 Å². The van der Waals surface area contributed by atoms with Gasteiger partial charge in [-0.05, 0) is 67.6 Å². The summed E-state index contributed by atoms with van der Waals surface area (Å²) < 4.78 is 70.6. The highest BCUT2D eigenvalue weighted by molar-refractivity contribution is 7.52. The first-order valence-corrected chi connectivity index (χ1v) is 15.1. The van der Waals surface area contributed by atoms with Gasteiger partial charge in [-0.3, -0.25) is 13.9 Å². The summed E-state index contributed by atoms with van der Waals surface area (Å²) in [7, 11) is -1.34. The van der Waals surface area contributed by atoms with Gasteiger partial charge in [-0.25, -0.2) is 4.57 Å². The van der Waals surface area contributed by atoms with Gasteiger partial charge in [0.2, 0.25) is 0 Å². The zero-order chi connectivity index (χ0) is 29.5. The van der Waals surface area contributed by atoms with Crippen LogP contribution in [-0.4, -0.2) is 61.0 Å². The van der Waals surface area contributed by atoms with Crippen molar-refractivity contribution in [3.05, 3.63) is 76.9 Å². The van der Waals surface area contributed by atoms with Crippen LogP contribution in [0.1, 0.15) is 54.8 Å². The van der Waals surface area contributed by atoms with E-state index in [1.54, 1.807) is 6.07 Å². The number of likely N-dealkylation sites (tertiary alicyclic amines) is 1. The molecule has 0 spiro atoms. The molecule has 0 aromatic heterocycles. The molecule has 2 heterocycles. The maximum absolute atomic E-state index is 13.1. The molecular weight excluding hydrogens is 558 g/mol.